The lowest BCUT2D eigenvalue weighted by Gasteiger charge is -2.28. The van der Waals surface area contributed by atoms with E-state index in [1.165, 1.54) is 7.11 Å². The van der Waals surface area contributed by atoms with Crippen LogP contribution in [0.25, 0.3) is 5.82 Å². The summed E-state index contributed by atoms with van der Waals surface area (Å²) in [6, 6.07) is 13.9. The fraction of sp³-hybridized carbons (Fsp3) is 0.333. The highest BCUT2D eigenvalue weighted by molar-refractivity contribution is 7.80. The van der Waals surface area contributed by atoms with Crippen molar-refractivity contribution in [2.75, 3.05) is 13.7 Å². The topological polar surface area (TPSA) is 72.3 Å². The lowest BCUT2D eigenvalue weighted by molar-refractivity contribution is -0.140. The first-order chi connectivity index (χ1) is 15.5. The van der Waals surface area contributed by atoms with Crippen molar-refractivity contribution in [2.45, 2.75) is 38.8 Å². The SMILES string of the molecule is COC(=O)CCCN1C(=S)NC(c2ccccn2)C1c1cc(C)n(-c2ccccn2)c1C. The number of rotatable bonds is 7. The Kier molecular flexibility index (Phi) is 6.50. The molecule has 32 heavy (non-hydrogen) atoms. The molecule has 1 aliphatic heterocycles. The van der Waals surface area contributed by atoms with Crippen LogP contribution in [0, 0.1) is 13.8 Å². The summed E-state index contributed by atoms with van der Waals surface area (Å²) in [7, 11) is 1.41. The molecule has 0 radical (unpaired) electrons. The summed E-state index contributed by atoms with van der Waals surface area (Å²) < 4.78 is 6.97. The van der Waals surface area contributed by atoms with Crippen molar-refractivity contribution in [3.05, 3.63) is 77.5 Å². The zero-order valence-electron chi connectivity index (χ0n) is 18.5. The van der Waals surface area contributed by atoms with Gasteiger partial charge in [-0.3, -0.25) is 9.78 Å². The summed E-state index contributed by atoms with van der Waals surface area (Å²) in [5.74, 6) is 0.670. The molecule has 1 N–H and O–H groups in total. The van der Waals surface area contributed by atoms with Crippen LogP contribution in [0.4, 0.5) is 0 Å². The van der Waals surface area contributed by atoms with E-state index >= 15 is 0 Å². The number of nitrogens with one attached hydrogen (secondary N) is 1. The number of ether oxygens (including phenoxy) is 1. The summed E-state index contributed by atoms with van der Waals surface area (Å²) in [5, 5.41) is 4.14. The van der Waals surface area contributed by atoms with Crippen LogP contribution in [0.3, 0.4) is 0 Å². The molecule has 0 aliphatic carbocycles. The maximum absolute atomic E-state index is 11.7. The minimum Gasteiger partial charge on any atom is -0.469 e. The smallest absolute Gasteiger partial charge is 0.305 e. The molecule has 7 nitrogen and oxygen atoms in total. The molecular formula is C24H27N5O2S. The number of pyridine rings is 2. The predicted octanol–water partition coefficient (Wildman–Crippen LogP) is 3.81. The maximum atomic E-state index is 11.7. The molecule has 4 heterocycles. The number of aromatic nitrogens is 3. The van der Waals surface area contributed by atoms with Crippen molar-refractivity contribution >= 4 is 23.3 Å². The Morgan fingerprint density at radius 3 is 2.56 bits per heavy atom. The Morgan fingerprint density at radius 2 is 1.91 bits per heavy atom. The third kappa shape index (κ3) is 4.23. The fourth-order valence-electron chi connectivity index (χ4n) is 4.41. The molecule has 0 saturated carbocycles. The van der Waals surface area contributed by atoms with Gasteiger partial charge in [-0.1, -0.05) is 12.1 Å². The molecule has 3 aromatic heterocycles. The molecule has 166 valence electrons. The maximum Gasteiger partial charge on any atom is 0.305 e. The van der Waals surface area contributed by atoms with Gasteiger partial charge in [0.25, 0.3) is 0 Å². The number of esters is 1. The van der Waals surface area contributed by atoms with Gasteiger partial charge < -0.3 is 19.5 Å². The first-order valence-corrected chi connectivity index (χ1v) is 11.1. The van der Waals surface area contributed by atoms with Gasteiger partial charge in [-0.05, 0) is 68.4 Å². The summed E-state index contributed by atoms with van der Waals surface area (Å²) in [5.41, 5.74) is 4.30. The zero-order chi connectivity index (χ0) is 22.7. The van der Waals surface area contributed by atoms with Gasteiger partial charge >= 0.3 is 5.97 Å². The van der Waals surface area contributed by atoms with E-state index in [4.69, 9.17) is 17.0 Å². The van der Waals surface area contributed by atoms with Gasteiger partial charge in [0.05, 0.1) is 24.9 Å². The van der Waals surface area contributed by atoms with E-state index in [2.05, 4.69) is 44.7 Å². The van der Waals surface area contributed by atoms with Crippen molar-refractivity contribution in [3.8, 4) is 5.82 Å². The van der Waals surface area contributed by atoms with E-state index in [-0.39, 0.29) is 18.1 Å². The lowest BCUT2D eigenvalue weighted by atomic mass is 9.96. The molecule has 3 aromatic rings. The van der Waals surface area contributed by atoms with Gasteiger partial charge in [0, 0.05) is 36.7 Å². The monoisotopic (exact) mass is 449 g/mol. The average Bonchev–Trinajstić information content (AvgIpc) is 3.29. The largest absolute Gasteiger partial charge is 0.469 e. The molecule has 0 spiro atoms. The zero-order valence-corrected chi connectivity index (χ0v) is 19.3. The normalized spacial score (nSPS) is 18.0. The highest BCUT2D eigenvalue weighted by Crippen LogP contribution is 2.41. The Balaban J connectivity index is 1.74. The second-order valence-electron chi connectivity index (χ2n) is 7.85. The van der Waals surface area contributed by atoms with Crippen LogP contribution in [0.1, 0.15) is 47.6 Å². The number of thiocarbonyl (C=S) groups is 1. The number of aryl methyl sites for hydroxylation is 1. The van der Waals surface area contributed by atoms with Gasteiger partial charge in [0.2, 0.25) is 0 Å². The summed E-state index contributed by atoms with van der Waals surface area (Å²) in [4.78, 5) is 23.0. The number of nitrogens with zero attached hydrogens (tertiary/aromatic N) is 4. The summed E-state index contributed by atoms with van der Waals surface area (Å²) in [6.45, 7) is 4.84. The van der Waals surface area contributed by atoms with Crippen molar-refractivity contribution in [3.63, 3.8) is 0 Å². The van der Waals surface area contributed by atoms with Crippen molar-refractivity contribution < 1.29 is 9.53 Å². The van der Waals surface area contributed by atoms with E-state index in [0.717, 1.165) is 28.5 Å². The quantitative estimate of drug-likeness (QED) is 0.434. The van der Waals surface area contributed by atoms with E-state index in [0.29, 0.717) is 24.5 Å². The van der Waals surface area contributed by atoms with E-state index in [1.807, 2.05) is 36.4 Å². The second kappa shape index (κ2) is 9.48. The van der Waals surface area contributed by atoms with Crippen LogP contribution in [0.15, 0.2) is 54.9 Å². The molecule has 4 rings (SSSR count). The van der Waals surface area contributed by atoms with Gasteiger partial charge in [0.1, 0.15) is 5.82 Å². The molecule has 2 unspecified atom stereocenters. The van der Waals surface area contributed by atoms with Crippen LogP contribution in [-0.2, 0) is 9.53 Å². The Bertz CT molecular complexity index is 1100. The van der Waals surface area contributed by atoms with E-state index < -0.39 is 0 Å². The fourth-order valence-corrected chi connectivity index (χ4v) is 4.74. The lowest BCUT2D eigenvalue weighted by Crippen LogP contribution is -2.31. The average molecular weight is 450 g/mol. The van der Waals surface area contributed by atoms with Crippen LogP contribution in [-0.4, -0.2) is 44.2 Å². The molecule has 8 heteroatoms. The van der Waals surface area contributed by atoms with Crippen LogP contribution >= 0.6 is 12.2 Å². The molecule has 1 aliphatic rings. The Labute approximate surface area is 193 Å². The van der Waals surface area contributed by atoms with E-state index in [1.54, 1.807) is 12.4 Å². The molecule has 0 bridgehead atoms. The van der Waals surface area contributed by atoms with Gasteiger partial charge in [0.15, 0.2) is 5.11 Å². The molecule has 2 atom stereocenters. The molecule has 1 fully saturated rings. The van der Waals surface area contributed by atoms with Crippen LogP contribution in [0.2, 0.25) is 0 Å². The number of hydrogen-bond donors (Lipinski definition) is 1. The van der Waals surface area contributed by atoms with Crippen LogP contribution in [0.5, 0.6) is 0 Å². The summed E-state index contributed by atoms with van der Waals surface area (Å²) >= 11 is 5.73. The standard InChI is InChI=1S/C24H27N5O2S/c1-16-15-18(17(2)29(16)20-10-5-7-13-26-20)23-22(19-9-4-6-12-25-19)27-24(32)28(23)14-8-11-21(30)31-3/h4-7,9-10,12-13,15,22-23H,8,11,14H2,1-3H3,(H,27,32). The highest BCUT2D eigenvalue weighted by atomic mass is 32.1. The van der Waals surface area contributed by atoms with E-state index in [9.17, 15) is 4.79 Å². The Hall–Kier alpha value is -3.26. The Morgan fingerprint density at radius 1 is 1.16 bits per heavy atom. The predicted molar refractivity (Wildman–Crippen MR) is 126 cm³/mol. The van der Waals surface area contributed by atoms with Gasteiger partial charge in [-0.25, -0.2) is 4.98 Å². The van der Waals surface area contributed by atoms with Crippen LogP contribution < -0.4 is 5.32 Å². The highest BCUT2D eigenvalue weighted by Gasteiger charge is 2.41. The van der Waals surface area contributed by atoms with Crippen molar-refractivity contribution in [1.29, 1.82) is 0 Å². The number of hydrogen-bond acceptors (Lipinski definition) is 5. The van der Waals surface area contributed by atoms with Gasteiger partial charge in [-0.15, -0.1) is 0 Å². The molecule has 1 saturated heterocycles. The molecule has 0 aromatic carbocycles. The number of methoxy groups -OCH3 is 1. The third-order valence-electron chi connectivity index (χ3n) is 5.87. The van der Waals surface area contributed by atoms with Gasteiger partial charge in [-0.2, -0.15) is 0 Å². The molecule has 0 amide bonds. The minimum absolute atomic E-state index is 0.0568. The minimum atomic E-state index is -0.214. The third-order valence-corrected chi connectivity index (χ3v) is 6.23. The summed E-state index contributed by atoms with van der Waals surface area (Å²) in [6.07, 6.45) is 4.60. The van der Waals surface area contributed by atoms with Crippen molar-refractivity contribution in [1.82, 2.24) is 24.8 Å². The van der Waals surface area contributed by atoms with Crippen molar-refractivity contribution in [2.24, 2.45) is 0 Å². The second-order valence-corrected chi connectivity index (χ2v) is 8.24. The number of carbonyl (C=O) groups is 1. The molecular weight excluding hydrogens is 422 g/mol. The first kappa shape index (κ1) is 22.0. The number of carbonyl (C=O) groups excluding carboxylic acids is 1. The first-order valence-electron chi connectivity index (χ1n) is 10.7.